The number of rotatable bonds is 1. The molecule has 0 aromatic rings. The Hall–Kier alpha value is -1.19. The molecule has 0 aliphatic carbocycles. The van der Waals surface area contributed by atoms with Gasteiger partial charge in [0, 0.05) is 0 Å². The predicted octanol–water partition coefficient (Wildman–Crippen LogP) is -0.0925. The maximum Gasteiger partial charge on any atom is 0.477 e. The van der Waals surface area contributed by atoms with Gasteiger partial charge in [-0.1, -0.05) is 18.1 Å². The zero-order chi connectivity index (χ0) is 9.26. The summed E-state index contributed by atoms with van der Waals surface area (Å²) in [5.41, 5.74) is 0. The first-order valence-electron chi connectivity index (χ1n) is 4.16. The highest BCUT2D eigenvalue weighted by atomic mass is 16.4. The summed E-state index contributed by atoms with van der Waals surface area (Å²) in [6.07, 6.45) is 11.1. The van der Waals surface area contributed by atoms with E-state index in [1.807, 2.05) is 35.3 Å². The maximum absolute atomic E-state index is 9.08. The molecule has 64 valence electrons. The molecule has 0 saturated heterocycles. The Kier molecular flexibility index (Phi) is 2.12. The van der Waals surface area contributed by atoms with Crippen LogP contribution in [0.15, 0.2) is 48.1 Å². The fraction of sp³-hybridized carbons (Fsp3) is 0. The summed E-state index contributed by atoms with van der Waals surface area (Å²) >= 11 is 0. The van der Waals surface area contributed by atoms with Crippen LogP contribution in [-0.2, 0) is 0 Å². The molecular formula is C8H9B2NO2. The van der Waals surface area contributed by atoms with Crippen LogP contribution in [0, 0.1) is 0 Å². The molecule has 0 amide bonds. The largest absolute Gasteiger partial charge is 0.477 e. The summed E-state index contributed by atoms with van der Waals surface area (Å²) in [5, 5.41) is 18.8. The lowest BCUT2D eigenvalue weighted by Crippen LogP contribution is -2.41. The van der Waals surface area contributed by atoms with Crippen molar-refractivity contribution in [2.24, 2.45) is 0 Å². The fourth-order valence-corrected chi connectivity index (χ4v) is 1.53. The number of allylic oxidation sites excluding steroid dienone is 4. The third kappa shape index (κ3) is 1.48. The maximum atomic E-state index is 9.08. The highest BCUT2D eigenvalue weighted by Gasteiger charge is 2.31. The van der Waals surface area contributed by atoms with Crippen molar-refractivity contribution >= 4 is 14.0 Å². The van der Waals surface area contributed by atoms with Gasteiger partial charge in [-0.3, -0.25) is 0 Å². The minimum atomic E-state index is -1.38. The molecule has 0 fully saturated rings. The molecule has 0 saturated carbocycles. The molecule has 2 heterocycles. The van der Waals surface area contributed by atoms with Crippen LogP contribution >= 0.6 is 0 Å². The molecule has 2 aliphatic rings. The number of nitrogens with zero attached hydrogens (tertiary/aromatic N) is 1. The molecule has 0 radical (unpaired) electrons. The van der Waals surface area contributed by atoms with Crippen LogP contribution in [0.2, 0.25) is 0 Å². The average Bonchev–Trinajstić information content (AvgIpc) is 2.17. The van der Waals surface area contributed by atoms with Gasteiger partial charge in [0.2, 0.25) is 0 Å². The third-order valence-corrected chi connectivity index (χ3v) is 2.17. The SMILES string of the molecule is OB(O)C1=CC=CN2C=CC=CB12. The van der Waals surface area contributed by atoms with Gasteiger partial charge in [-0.05, 0) is 29.9 Å². The summed E-state index contributed by atoms with van der Waals surface area (Å²) in [6, 6.07) is 0. The number of hydrogen-bond acceptors (Lipinski definition) is 3. The zero-order valence-electron chi connectivity index (χ0n) is 7.04. The second-order valence-corrected chi connectivity index (χ2v) is 3.00. The van der Waals surface area contributed by atoms with Crippen molar-refractivity contribution in [3.05, 3.63) is 48.1 Å². The van der Waals surface area contributed by atoms with Gasteiger partial charge in [0.05, 0.1) is 0 Å². The Balaban J connectivity index is 2.29. The van der Waals surface area contributed by atoms with Crippen LogP contribution in [0.1, 0.15) is 0 Å². The molecule has 0 atom stereocenters. The lowest BCUT2D eigenvalue weighted by atomic mass is 9.41. The van der Waals surface area contributed by atoms with Gasteiger partial charge < -0.3 is 14.9 Å². The van der Waals surface area contributed by atoms with E-state index < -0.39 is 7.12 Å². The van der Waals surface area contributed by atoms with Gasteiger partial charge in [-0.25, -0.2) is 0 Å². The minimum Gasteiger partial charge on any atom is -0.424 e. The van der Waals surface area contributed by atoms with Crippen LogP contribution in [0.25, 0.3) is 0 Å². The monoisotopic (exact) mass is 173 g/mol. The van der Waals surface area contributed by atoms with E-state index in [4.69, 9.17) is 10.0 Å². The highest BCUT2D eigenvalue weighted by molar-refractivity contribution is 6.85. The van der Waals surface area contributed by atoms with E-state index in [2.05, 4.69) is 0 Å². The second-order valence-electron chi connectivity index (χ2n) is 3.00. The summed E-state index contributed by atoms with van der Waals surface area (Å²) in [5.74, 6) is 1.93. The van der Waals surface area contributed by atoms with E-state index in [1.165, 1.54) is 0 Å². The minimum absolute atomic E-state index is 0.0463. The normalized spacial score (nSPS) is 18.8. The Morgan fingerprint density at radius 2 is 1.92 bits per heavy atom. The number of fused-ring (bicyclic) bond motifs is 1. The standard InChI is InChI=1S/C8H9B2NO2/c12-10(13)8-4-3-7-11-6-2-1-5-9(8)11/h1-7,12-13H. The summed E-state index contributed by atoms with van der Waals surface area (Å²) in [6.45, 7) is -0.0463. The van der Waals surface area contributed by atoms with Gasteiger partial charge in [0.25, 0.3) is 0 Å². The Morgan fingerprint density at radius 1 is 1.15 bits per heavy atom. The first-order chi connectivity index (χ1) is 6.29. The first-order valence-corrected chi connectivity index (χ1v) is 4.16. The van der Waals surface area contributed by atoms with Gasteiger partial charge in [-0.2, -0.15) is 0 Å². The molecule has 3 nitrogen and oxygen atoms in total. The van der Waals surface area contributed by atoms with Crippen molar-refractivity contribution < 1.29 is 10.0 Å². The zero-order valence-corrected chi connectivity index (χ0v) is 7.04. The van der Waals surface area contributed by atoms with Crippen molar-refractivity contribution in [3.8, 4) is 0 Å². The molecule has 2 aliphatic heterocycles. The summed E-state index contributed by atoms with van der Waals surface area (Å²) in [7, 11) is -1.38. The van der Waals surface area contributed by atoms with Crippen molar-refractivity contribution in [1.29, 1.82) is 0 Å². The topological polar surface area (TPSA) is 43.7 Å². The molecular weight excluding hydrogens is 164 g/mol. The molecule has 0 spiro atoms. The smallest absolute Gasteiger partial charge is 0.424 e. The third-order valence-electron chi connectivity index (χ3n) is 2.17. The molecule has 0 unspecified atom stereocenters. The van der Waals surface area contributed by atoms with Crippen LogP contribution < -0.4 is 0 Å². The first kappa shape index (κ1) is 8.41. The van der Waals surface area contributed by atoms with Crippen molar-refractivity contribution in [2.45, 2.75) is 0 Å². The van der Waals surface area contributed by atoms with E-state index >= 15 is 0 Å². The molecule has 0 aromatic heterocycles. The van der Waals surface area contributed by atoms with E-state index in [-0.39, 0.29) is 6.85 Å². The lowest BCUT2D eigenvalue weighted by Gasteiger charge is -2.28. The van der Waals surface area contributed by atoms with Crippen molar-refractivity contribution in [2.75, 3.05) is 0 Å². The van der Waals surface area contributed by atoms with Crippen LogP contribution in [-0.4, -0.2) is 28.8 Å². The molecule has 5 heteroatoms. The van der Waals surface area contributed by atoms with Crippen molar-refractivity contribution in [1.82, 2.24) is 4.81 Å². The summed E-state index contributed by atoms with van der Waals surface area (Å²) in [4.78, 5) is 1.93. The molecule has 13 heavy (non-hydrogen) atoms. The highest BCUT2D eigenvalue weighted by Crippen LogP contribution is 2.17. The average molecular weight is 173 g/mol. The van der Waals surface area contributed by atoms with Crippen LogP contribution in [0.5, 0.6) is 0 Å². The van der Waals surface area contributed by atoms with Crippen LogP contribution in [0.3, 0.4) is 0 Å². The molecule has 0 bridgehead atoms. The van der Waals surface area contributed by atoms with E-state index in [9.17, 15) is 0 Å². The fourth-order valence-electron chi connectivity index (χ4n) is 1.53. The lowest BCUT2D eigenvalue weighted by molar-refractivity contribution is 0.421. The van der Waals surface area contributed by atoms with E-state index in [1.54, 1.807) is 12.2 Å². The van der Waals surface area contributed by atoms with Gasteiger partial charge in [0.15, 0.2) is 0 Å². The van der Waals surface area contributed by atoms with E-state index in [0.29, 0.717) is 5.37 Å². The number of hydrogen-bond donors (Lipinski definition) is 2. The van der Waals surface area contributed by atoms with Crippen molar-refractivity contribution in [3.63, 3.8) is 0 Å². The Labute approximate surface area is 77.6 Å². The van der Waals surface area contributed by atoms with Gasteiger partial charge in [0.1, 0.15) is 0 Å². The second kappa shape index (κ2) is 3.28. The quantitative estimate of drug-likeness (QED) is 0.544. The van der Waals surface area contributed by atoms with Gasteiger partial charge >= 0.3 is 14.0 Å². The molecule has 2 rings (SSSR count). The molecule has 2 N–H and O–H groups in total. The summed E-state index contributed by atoms with van der Waals surface area (Å²) < 4.78 is 0. The predicted molar refractivity (Wildman–Crippen MR) is 53.3 cm³/mol. The molecule has 0 aromatic carbocycles. The van der Waals surface area contributed by atoms with E-state index in [0.717, 1.165) is 0 Å². The Bertz CT molecular complexity index is 320. The van der Waals surface area contributed by atoms with Gasteiger partial charge in [-0.15, -0.1) is 0 Å². The Morgan fingerprint density at radius 3 is 2.69 bits per heavy atom. The van der Waals surface area contributed by atoms with Crippen LogP contribution in [0.4, 0.5) is 0 Å².